The van der Waals surface area contributed by atoms with Gasteiger partial charge < -0.3 is 9.64 Å². The van der Waals surface area contributed by atoms with Gasteiger partial charge in [0, 0.05) is 5.56 Å². The fraction of sp³-hybridized carbons (Fsp3) is 0.368. The fourth-order valence-corrected chi connectivity index (χ4v) is 3.24. The number of hydrogen-bond acceptors (Lipinski definition) is 5. The van der Waals surface area contributed by atoms with Gasteiger partial charge in [-0.2, -0.15) is 0 Å². The van der Waals surface area contributed by atoms with E-state index in [0.717, 1.165) is 12.1 Å². The average Bonchev–Trinajstić information content (AvgIpc) is 2.98. The molecule has 160 valence electrons. The van der Waals surface area contributed by atoms with E-state index in [1.165, 1.54) is 34.3 Å². The van der Waals surface area contributed by atoms with Gasteiger partial charge in [0.25, 0.3) is 0 Å². The Morgan fingerprint density at radius 1 is 1.30 bits per heavy atom. The molecule has 0 saturated carbocycles. The first-order chi connectivity index (χ1) is 14.0. The summed E-state index contributed by atoms with van der Waals surface area (Å²) in [6.45, 7) is 3.77. The Bertz CT molecular complexity index is 937. The Balaban J connectivity index is 1.80. The van der Waals surface area contributed by atoms with Crippen LogP contribution in [0.15, 0.2) is 36.7 Å². The van der Waals surface area contributed by atoms with Gasteiger partial charge in [-0.25, -0.2) is 14.8 Å². The van der Waals surface area contributed by atoms with Gasteiger partial charge in [-0.1, -0.05) is 37.6 Å². The second kappa shape index (κ2) is 8.47. The predicted molar refractivity (Wildman–Crippen MR) is 103 cm³/mol. The molecule has 0 N–H and O–H groups in total. The third-order valence-electron chi connectivity index (χ3n) is 4.57. The Hall–Kier alpha value is -2.88. The minimum Gasteiger partial charge on any atom is -0.406 e. The van der Waals surface area contributed by atoms with Crippen LogP contribution in [0.1, 0.15) is 24.2 Å². The van der Waals surface area contributed by atoms with Gasteiger partial charge in [-0.3, -0.25) is 9.69 Å². The Morgan fingerprint density at radius 3 is 2.57 bits per heavy atom. The van der Waals surface area contributed by atoms with Crippen molar-refractivity contribution in [3.63, 3.8) is 0 Å². The van der Waals surface area contributed by atoms with Crippen LogP contribution >= 0.6 is 11.6 Å². The second-order valence-corrected chi connectivity index (χ2v) is 7.47. The zero-order valence-electron chi connectivity index (χ0n) is 16.1. The standard InChI is InChI=1S/C19H18ClF3N4O3/c1-11(2)15-9-27(17-24-7-13(20)8-25-17)18(29)26(15)10-16(28)12-4-3-5-14(6-12)30-19(21,22)23/h3-8,11,15H,9-10H2,1-2H3/t15-/m1/s1. The monoisotopic (exact) mass is 442 g/mol. The van der Waals surface area contributed by atoms with Crippen LogP contribution in [0.25, 0.3) is 0 Å². The summed E-state index contributed by atoms with van der Waals surface area (Å²) in [6, 6.07) is 3.98. The number of ether oxygens (including phenoxy) is 1. The molecule has 2 aromatic rings. The number of aromatic nitrogens is 2. The van der Waals surface area contributed by atoms with Crippen molar-refractivity contribution in [3.8, 4) is 5.75 Å². The summed E-state index contributed by atoms with van der Waals surface area (Å²) in [4.78, 5) is 36.5. The fourth-order valence-electron chi connectivity index (χ4n) is 3.14. The third kappa shape index (κ3) is 4.99. The largest absolute Gasteiger partial charge is 0.573 e. The highest BCUT2D eigenvalue weighted by atomic mass is 35.5. The molecule has 30 heavy (non-hydrogen) atoms. The lowest BCUT2D eigenvalue weighted by atomic mass is 10.0. The van der Waals surface area contributed by atoms with Gasteiger partial charge in [-0.05, 0) is 18.1 Å². The van der Waals surface area contributed by atoms with Gasteiger partial charge in [0.05, 0.1) is 36.5 Å². The molecule has 1 aliphatic rings. The van der Waals surface area contributed by atoms with E-state index in [9.17, 15) is 22.8 Å². The number of amides is 2. The number of carbonyl (C=O) groups is 2. The second-order valence-electron chi connectivity index (χ2n) is 7.03. The molecule has 0 radical (unpaired) electrons. The number of nitrogens with zero attached hydrogens (tertiary/aromatic N) is 4. The number of alkyl halides is 3. The molecule has 1 aromatic carbocycles. The highest BCUT2D eigenvalue weighted by Crippen LogP contribution is 2.27. The molecule has 1 atom stereocenters. The van der Waals surface area contributed by atoms with Crippen LogP contribution in [0.2, 0.25) is 5.02 Å². The topological polar surface area (TPSA) is 75.6 Å². The number of urea groups is 1. The molecule has 2 heterocycles. The number of anilines is 1. The average molecular weight is 443 g/mol. The van der Waals surface area contributed by atoms with Gasteiger partial charge in [-0.15, -0.1) is 13.2 Å². The van der Waals surface area contributed by atoms with Crippen molar-refractivity contribution in [2.75, 3.05) is 18.0 Å². The molecule has 1 aromatic heterocycles. The van der Waals surface area contributed by atoms with Crippen molar-refractivity contribution in [1.29, 1.82) is 0 Å². The highest BCUT2D eigenvalue weighted by Gasteiger charge is 2.41. The van der Waals surface area contributed by atoms with E-state index in [0.29, 0.717) is 5.02 Å². The van der Waals surface area contributed by atoms with Crippen LogP contribution < -0.4 is 9.64 Å². The lowest BCUT2D eigenvalue weighted by Gasteiger charge is -2.25. The van der Waals surface area contributed by atoms with E-state index in [1.54, 1.807) is 0 Å². The Kier molecular flexibility index (Phi) is 6.16. The van der Waals surface area contributed by atoms with Crippen LogP contribution in [-0.4, -0.2) is 52.2 Å². The molecule has 1 saturated heterocycles. The highest BCUT2D eigenvalue weighted by molar-refractivity contribution is 6.30. The quantitative estimate of drug-likeness (QED) is 0.627. The SMILES string of the molecule is CC(C)[C@H]1CN(c2ncc(Cl)cn2)C(=O)N1CC(=O)c1cccc(OC(F)(F)F)c1. The Labute approximate surface area is 175 Å². The van der Waals surface area contributed by atoms with Crippen LogP contribution in [0.4, 0.5) is 23.9 Å². The maximum Gasteiger partial charge on any atom is 0.573 e. The summed E-state index contributed by atoms with van der Waals surface area (Å²) in [5.41, 5.74) is 0.00764. The van der Waals surface area contributed by atoms with Crippen molar-refractivity contribution in [1.82, 2.24) is 14.9 Å². The smallest absolute Gasteiger partial charge is 0.406 e. The summed E-state index contributed by atoms with van der Waals surface area (Å²) < 4.78 is 41.2. The minimum absolute atomic E-state index is 0.00764. The van der Waals surface area contributed by atoms with E-state index < -0.39 is 23.9 Å². The first-order valence-corrected chi connectivity index (χ1v) is 9.37. The maximum absolute atomic E-state index is 12.9. The van der Waals surface area contributed by atoms with Gasteiger partial charge in [0.2, 0.25) is 5.95 Å². The molecule has 0 bridgehead atoms. The summed E-state index contributed by atoms with van der Waals surface area (Å²) >= 11 is 5.79. The zero-order valence-corrected chi connectivity index (χ0v) is 16.8. The molecular weight excluding hydrogens is 425 g/mol. The molecule has 1 aliphatic heterocycles. The lowest BCUT2D eigenvalue weighted by molar-refractivity contribution is -0.274. The van der Waals surface area contributed by atoms with Gasteiger partial charge in [0.1, 0.15) is 5.75 Å². The number of hydrogen-bond donors (Lipinski definition) is 0. The number of Topliss-reactive ketones (excluding diaryl/α,β-unsaturated/α-hetero) is 1. The van der Waals surface area contributed by atoms with Crippen molar-refractivity contribution >= 4 is 29.4 Å². The molecule has 0 aliphatic carbocycles. The van der Waals surface area contributed by atoms with Crippen LogP contribution in [-0.2, 0) is 0 Å². The number of rotatable bonds is 6. The van der Waals surface area contributed by atoms with E-state index in [2.05, 4.69) is 14.7 Å². The molecular formula is C19H18ClF3N4O3. The van der Waals surface area contributed by atoms with E-state index in [-0.39, 0.29) is 36.6 Å². The van der Waals surface area contributed by atoms with Crippen molar-refractivity contribution in [3.05, 3.63) is 47.2 Å². The minimum atomic E-state index is -4.87. The summed E-state index contributed by atoms with van der Waals surface area (Å²) in [5, 5.41) is 0.318. The zero-order chi connectivity index (χ0) is 22.1. The summed E-state index contributed by atoms with van der Waals surface area (Å²) in [6.07, 6.45) is -2.14. The van der Waals surface area contributed by atoms with Crippen molar-refractivity contribution in [2.24, 2.45) is 5.92 Å². The first kappa shape index (κ1) is 21.8. The predicted octanol–water partition coefficient (Wildman–Crippen LogP) is 4.18. The molecule has 0 unspecified atom stereocenters. The molecule has 0 spiro atoms. The van der Waals surface area contributed by atoms with Gasteiger partial charge >= 0.3 is 12.4 Å². The normalized spacial score (nSPS) is 17.0. The lowest BCUT2D eigenvalue weighted by Crippen LogP contribution is -2.41. The molecule has 1 fully saturated rings. The van der Waals surface area contributed by atoms with Crippen LogP contribution in [0.3, 0.4) is 0 Å². The summed E-state index contributed by atoms with van der Waals surface area (Å²) in [7, 11) is 0. The van der Waals surface area contributed by atoms with E-state index in [1.807, 2.05) is 13.8 Å². The Morgan fingerprint density at radius 2 is 1.97 bits per heavy atom. The van der Waals surface area contributed by atoms with Crippen LogP contribution in [0, 0.1) is 5.92 Å². The van der Waals surface area contributed by atoms with Crippen molar-refractivity contribution in [2.45, 2.75) is 26.3 Å². The molecule has 11 heteroatoms. The maximum atomic E-state index is 12.9. The summed E-state index contributed by atoms with van der Waals surface area (Å²) in [5.74, 6) is -0.845. The number of benzene rings is 1. The first-order valence-electron chi connectivity index (χ1n) is 9.00. The van der Waals surface area contributed by atoms with Gasteiger partial charge in [0.15, 0.2) is 5.78 Å². The molecule has 2 amide bonds. The number of ketones is 1. The van der Waals surface area contributed by atoms with E-state index in [4.69, 9.17) is 11.6 Å². The van der Waals surface area contributed by atoms with Crippen molar-refractivity contribution < 1.29 is 27.5 Å². The van der Waals surface area contributed by atoms with Crippen LogP contribution in [0.5, 0.6) is 5.75 Å². The van der Waals surface area contributed by atoms with E-state index >= 15 is 0 Å². The number of carbonyl (C=O) groups excluding carboxylic acids is 2. The molecule has 7 nitrogen and oxygen atoms in total. The molecule has 3 rings (SSSR count). The number of halogens is 4. The third-order valence-corrected chi connectivity index (χ3v) is 4.76.